The predicted octanol–water partition coefficient (Wildman–Crippen LogP) is 4.42. The first-order chi connectivity index (χ1) is 13.5. The summed E-state index contributed by atoms with van der Waals surface area (Å²) in [5, 5.41) is 4.95. The van der Waals surface area contributed by atoms with Gasteiger partial charge in [0.05, 0.1) is 20.3 Å². The number of benzene rings is 3. The first kappa shape index (κ1) is 17.1. The molecule has 0 spiro atoms. The Morgan fingerprint density at radius 1 is 0.929 bits per heavy atom. The van der Waals surface area contributed by atoms with E-state index < -0.39 is 0 Å². The van der Waals surface area contributed by atoms with Crippen molar-refractivity contribution in [2.75, 3.05) is 14.2 Å². The van der Waals surface area contributed by atoms with Crippen molar-refractivity contribution >= 4 is 27.5 Å². The van der Waals surface area contributed by atoms with Crippen molar-refractivity contribution in [1.82, 2.24) is 4.90 Å². The zero-order valence-electron chi connectivity index (χ0n) is 16.6. The highest BCUT2D eigenvalue weighted by molar-refractivity contribution is 6.12. The van der Waals surface area contributed by atoms with Gasteiger partial charge in [-0.15, -0.1) is 0 Å². The Kier molecular flexibility index (Phi) is 3.66. The molecule has 0 N–H and O–H groups in total. The zero-order valence-corrected chi connectivity index (χ0v) is 16.6. The van der Waals surface area contributed by atoms with Gasteiger partial charge < -0.3 is 14.4 Å². The third kappa shape index (κ3) is 2.27. The minimum atomic E-state index is -0.0139. The van der Waals surface area contributed by atoms with Gasteiger partial charge in [-0.1, -0.05) is 23.8 Å². The van der Waals surface area contributed by atoms with Crippen LogP contribution in [0.3, 0.4) is 0 Å². The Morgan fingerprint density at radius 3 is 2.46 bits per heavy atom. The zero-order chi connectivity index (χ0) is 19.6. The first-order valence-electron chi connectivity index (χ1n) is 9.61. The summed E-state index contributed by atoms with van der Waals surface area (Å²) in [4.78, 5) is 14.6. The van der Waals surface area contributed by atoms with Crippen molar-refractivity contribution in [3.8, 4) is 5.75 Å². The summed E-state index contributed by atoms with van der Waals surface area (Å²) in [6.45, 7) is 4.81. The molecule has 0 unspecified atom stereocenters. The number of rotatable bonds is 2. The quantitative estimate of drug-likeness (QED) is 0.625. The van der Waals surface area contributed by atoms with Gasteiger partial charge in [0, 0.05) is 6.54 Å². The number of carbonyl (C=O) groups excluding carboxylic acids is 1. The fourth-order valence-corrected chi connectivity index (χ4v) is 4.78. The van der Waals surface area contributed by atoms with Gasteiger partial charge in [0.2, 0.25) is 0 Å². The lowest BCUT2D eigenvalue weighted by Gasteiger charge is -2.33. The molecule has 3 aromatic rings. The number of aryl methyl sites for hydroxylation is 2. The monoisotopic (exact) mass is 373 g/mol. The van der Waals surface area contributed by atoms with E-state index in [1.807, 2.05) is 11.0 Å². The number of nitrogens with zero attached hydrogens (tertiary/aromatic N) is 1. The topological polar surface area (TPSA) is 38.8 Å². The Hall–Kier alpha value is -3.01. The van der Waals surface area contributed by atoms with Crippen LogP contribution in [0.5, 0.6) is 5.75 Å². The van der Waals surface area contributed by atoms with Crippen molar-refractivity contribution < 1.29 is 14.3 Å². The van der Waals surface area contributed by atoms with Crippen LogP contribution in [0.25, 0.3) is 21.5 Å². The van der Waals surface area contributed by atoms with Crippen molar-refractivity contribution in [3.05, 3.63) is 64.4 Å². The number of hydrogen-bond acceptors (Lipinski definition) is 3. The number of hydrogen-bond donors (Lipinski definition) is 0. The van der Waals surface area contributed by atoms with Crippen LogP contribution in [0.2, 0.25) is 0 Å². The van der Waals surface area contributed by atoms with Gasteiger partial charge in [-0.05, 0) is 76.7 Å². The molecule has 3 aromatic carbocycles. The smallest absolute Gasteiger partial charge is 0.289 e. The molecule has 0 radical (unpaired) electrons. The highest BCUT2D eigenvalue weighted by atomic mass is 16.5. The minimum absolute atomic E-state index is 0.0139. The normalized spacial score (nSPS) is 18.3. The molecule has 0 saturated heterocycles. The van der Waals surface area contributed by atoms with Gasteiger partial charge in [-0.2, -0.15) is 0 Å². The molecule has 4 nitrogen and oxygen atoms in total. The van der Waals surface area contributed by atoms with Crippen LogP contribution >= 0.6 is 0 Å². The molecule has 142 valence electrons. The molecule has 0 aromatic heterocycles. The van der Waals surface area contributed by atoms with E-state index in [9.17, 15) is 4.79 Å². The van der Waals surface area contributed by atoms with Crippen molar-refractivity contribution in [2.24, 2.45) is 0 Å². The molecule has 2 heterocycles. The Balaban J connectivity index is 1.84. The second-order valence-corrected chi connectivity index (χ2v) is 7.81. The Morgan fingerprint density at radius 2 is 1.71 bits per heavy atom. The second kappa shape index (κ2) is 5.99. The lowest BCUT2D eigenvalue weighted by atomic mass is 9.84. The van der Waals surface area contributed by atoms with Gasteiger partial charge >= 0.3 is 0 Å². The van der Waals surface area contributed by atoms with Crippen LogP contribution in [-0.4, -0.2) is 31.1 Å². The molecule has 0 bridgehead atoms. The fraction of sp³-hybridized carbons (Fsp3) is 0.292. The third-order valence-electron chi connectivity index (χ3n) is 6.19. The average molecular weight is 373 g/mol. The predicted molar refractivity (Wildman–Crippen MR) is 111 cm³/mol. The van der Waals surface area contributed by atoms with Crippen LogP contribution in [0.4, 0.5) is 0 Å². The Labute approximate surface area is 164 Å². The summed E-state index contributed by atoms with van der Waals surface area (Å²) in [5.41, 5.74) is 4.92. The highest BCUT2D eigenvalue weighted by Crippen LogP contribution is 2.42. The van der Waals surface area contributed by atoms with E-state index in [4.69, 9.17) is 9.47 Å². The molecular formula is C24H23NO3. The molecule has 1 atom stereocenters. The molecule has 5 rings (SSSR count). The van der Waals surface area contributed by atoms with Gasteiger partial charge in [0.15, 0.2) is 5.76 Å². The van der Waals surface area contributed by atoms with Crippen LogP contribution in [0.1, 0.15) is 22.3 Å². The minimum Gasteiger partial charge on any atom is -0.496 e. The van der Waals surface area contributed by atoms with E-state index in [0.29, 0.717) is 12.3 Å². The van der Waals surface area contributed by atoms with Gasteiger partial charge in [0.1, 0.15) is 5.75 Å². The molecule has 0 fully saturated rings. The molecule has 2 aliphatic heterocycles. The molecule has 2 aliphatic rings. The van der Waals surface area contributed by atoms with Crippen LogP contribution in [0.15, 0.2) is 42.2 Å². The summed E-state index contributed by atoms with van der Waals surface area (Å²) in [6.07, 6.45) is 2.75. The van der Waals surface area contributed by atoms with Crippen LogP contribution < -0.4 is 4.74 Å². The number of methoxy groups -OCH3 is 2. The molecule has 0 aliphatic carbocycles. The molecule has 4 heteroatoms. The van der Waals surface area contributed by atoms with Gasteiger partial charge in [-0.3, -0.25) is 4.79 Å². The maximum absolute atomic E-state index is 12.7. The largest absolute Gasteiger partial charge is 0.496 e. The average Bonchev–Trinajstić information content (AvgIpc) is 3.01. The lowest BCUT2D eigenvalue weighted by molar-refractivity contribution is -0.130. The van der Waals surface area contributed by atoms with Gasteiger partial charge in [-0.25, -0.2) is 0 Å². The number of ether oxygens (including phenoxy) is 2. The SMILES string of the molecule is COC1=C[C@@H]2Cc3c(c4ccc(C)cc4c4cc(C)c(OC)cc34)CN2C1=O. The lowest BCUT2D eigenvalue weighted by Crippen LogP contribution is -2.39. The van der Waals surface area contributed by atoms with E-state index in [1.54, 1.807) is 14.2 Å². The van der Waals surface area contributed by atoms with Crippen molar-refractivity contribution in [3.63, 3.8) is 0 Å². The maximum atomic E-state index is 12.7. The van der Waals surface area contributed by atoms with E-state index in [2.05, 4.69) is 44.2 Å². The molecule has 1 amide bonds. The fourth-order valence-electron chi connectivity index (χ4n) is 4.78. The van der Waals surface area contributed by atoms with Crippen LogP contribution in [0, 0.1) is 13.8 Å². The summed E-state index contributed by atoms with van der Waals surface area (Å²) in [5.74, 6) is 1.34. The molecular weight excluding hydrogens is 350 g/mol. The maximum Gasteiger partial charge on any atom is 0.289 e. The summed E-state index contributed by atoms with van der Waals surface area (Å²) in [7, 11) is 3.29. The summed E-state index contributed by atoms with van der Waals surface area (Å²) in [6, 6.07) is 11.1. The number of carbonyl (C=O) groups is 1. The van der Waals surface area contributed by atoms with E-state index in [1.165, 1.54) is 38.2 Å². The number of amides is 1. The highest BCUT2D eigenvalue weighted by Gasteiger charge is 2.38. The molecule has 0 saturated carbocycles. The summed E-state index contributed by atoms with van der Waals surface area (Å²) < 4.78 is 10.9. The van der Waals surface area contributed by atoms with Crippen molar-refractivity contribution in [2.45, 2.75) is 32.9 Å². The first-order valence-corrected chi connectivity index (χ1v) is 9.61. The van der Waals surface area contributed by atoms with Crippen LogP contribution in [-0.2, 0) is 22.5 Å². The van der Waals surface area contributed by atoms with E-state index in [-0.39, 0.29) is 11.9 Å². The van der Waals surface area contributed by atoms with Crippen molar-refractivity contribution in [1.29, 1.82) is 0 Å². The number of fused-ring (bicyclic) bond motifs is 7. The van der Waals surface area contributed by atoms with E-state index in [0.717, 1.165) is 17.7 Å². The Bertz CT molecular complexity index is 1190. The standard InChI is InChI=1S/C24H23NO3/c1-13-5-6-16-17(7-13)18-8-14(2)22(27-3)11-20(18)19-9-15-10-23(28-4)24(26)25(15)12-21(16)19/h5-8,10-11,15H,9,12H2,1-4H3/t15-/m0/s1. The second-order valence-electron chi connectivity index (χ2n) is 7.81. The summed E-state index contributed by atoms with van der Waals surface area (Å²) >= 11 is 0. The third-order valence-corrected chi connectivity index (χ3v) is 6.19. The molecule has 28 heavy (non-hydrogen) atoms. The van der Waals surface area contributed by atoms with E-state index >= 15 is 0 Å². The van der Waals surface area contributed by atoms with Gasteiger partial charge in [0.25, 0.3) is 5.91 Å².